The minimum atomic E-state index is -0.616. The number of thioether (sulfide) groups is 1. The topological polar surface area (TPSA) is 58.2 Å². The Morgan fingerprint density at radius 1 is 1.12 bits per heavy atom. The number of nitrogens with one attached hydrogen (secondary N) is 2. The number of rotatable bonds is 8. The van der Waals surface area contributed by atoms with Crippen LogP contribution in [0.2, 0.25) is 0 Å². The van der Waals surface area contributed by atoms with Gasteiger partial charge in [0, 0.05) is 12.1 Å². The molecule has 0 spiro atoms. The molecule has 0 aliphatic rings. The summed E-state index contributed by atoms with van der Waals surface area (Å²) in [4.78, 5) is 25.0. The van der Waals surface area contributed by atoms with Gasteiger partial charge in [0.25, 0.3) is 5.91 Å². The highest BCUT2D eigenvalue weighted by Crippen LogP contribution is 2.09. The van der Waals surface area contributed by atoms with Gasteiger partial charge < -0.3 is 10.6 Å². The maximum Gasteiger partial charge on any atom is 0.252 e. The highest BCUT2D eigenvalue weighted by Gasteiger charge is 2.21. The fourth-order valence-corrected chi connectivity index (χ4v) is 2.95. The van der Waals surface area contributed by atoms with E-state index in [4.69, 9.17) is 0 Å². The minimum Gasteiger partial charge on any atom is -0.350 e. The summed E-state index contributed by atoms with van der Waals surface area (Å²) in [5.41, 5.74) is 2.22. The number of benzene rings is 2. The molecule has 0 unspecified atom stereocenters. The Kier molecular flexibility index (Phi) is 7.66. The molecule has 0 aliphatic heterocycles. The first kappa shape index (κ1) is 20.0. The number of hydrogen-bond acceptors (Lipinski definition) is 3. The molecule has 138 valence electrons. The Labute approximate surface area is 157 Å². The van der Waals surface area contributed by atoms with Gasteiger partial charge in [-0.05, 0) is 54.7 Å². The molecule has 1 atom stereocenters. The molecule has 0 heterocycles. The Morgan fingerprint density at radius 3 is 2.46 bits per heavy atom. The van der Waals surface area contributed by atoms with Gasteiger partial charge in [-0.25, -0.2) is 4.39 Å². The lowest BCUT2D eigenvalue weighted by Gasteiger charge is -2.19. The second kappa shape index (κ2) is 9.97. The van der Waals surface area contributed by atoms with E-state index in [2.05, 4.69) is 10.6 Å². The highest BCUT2D eigenvalue weighted by molar-refractivity contribution is 7.98. The van der Waals surface area contributed by atoms with Crippen LogP contribution in [0.4, 0.5) is 4.39 Å². The summed E-state index contributed by atoms with van der Waals surface area (Å²) in [7, 11) is 0. The van der Waals surface area contributed by atoms with Crippen LogP contribution in [0.5, 0.6) is 0 Å². The lowest BCUT2D eigenvalue weighted by atomic mass is 10.1. The zero-order valence-corrected chi connectivity index (χ0v) is 15.7. The first-order valence-electron chi connectivity index (χ1n) is 8.39. The van der Waals surface area contributed by atoms with Gasteiger partial charge in [0.15, 0.2) is 0 Å². The van der Waals surface area contributed by atoms with Gasteiger partial charge in [-0.3, -0.25) is 9.59 Å². The third kappa shape index (κ3) is 5.88. The van der Waals surface area contributed by atoms with Crippen molar-refractivity contribution in [2.24, 2.45) is 0 Å². The maximum absolute atomic E-state index is 13.0. The second-order valence-electron chi connectivity index (χ2n) is 5.97. The number of carbonyl (C=O) groups excluding carboxylic acids is 2. The Bertz CT molecular complexity index is 750. The quantitative estimate of drug-likeness (QED) is 0.745. The maximum atomic E-state index is 13.0. The zero-order chi connectivity index (χ0) is 18.9. The number of aryl methyl sites for hydroxylation is 1. The van der Waals surface area contributed by atoms with Gasteiger partial charge in [-0.15, -0.1) is 0 Å². The summed E-state index contributed by atoms with van der Waals surface area (Å²) in [6.45, 7) is 2.15. The van der Waals surface area contributed by atoms with Gasteiger partial charge in [0.1, 0.15) is 11.9 Å². The standard InChI is InChI=1S/C20H23FN2O2S/c1-14-5-3-4-6-17(14)19(24)23-18(11-12-26-2)20(25)22-13-15-7-9-16(21)10-8-15/h3-10,18H,11-13H2,1-2H3,(H,22,25)(H,23,24)/t18-/m0/s1. The lowest BCUT2D eigenvalue weighted by molar-refractivity contribution is -0.123. The molecule has 2 amide bonds. The van der Waals surface area contributed by atoms with Crippen molar-refractivity contribution in [1.29, 1.82) is 0 Å². The SMILES string of the molecule is CSCC[C@H](NC(=O)c1ccccc1C)C(=O)NCc1ccc(F)cc1. The summed E-state index contributed by atoms with van der Waals surface area (Å²) in [6, 6.07) is 12.6. The molecule has 0 bridgehead atoms. The van der Waals surface area contributed by atoms with Crippen LogP contribution in [0.25, 0.3) is 0 Å². The van der Waals surface area contributed by atoms with Gasteiger partial charge in [0.2, 0.25) is 5.91 Å². The van der Waals surface area contributed by atoms with Crippen molar-refractivity contribution in [1.82, 2.24) is 10.6 Å². The number of carbonyl (C=O) groups is 2. The van der Waals surface area contributed by atoms with Crippen LogP contribution in [0.3, 0.4) is 0 Å². The molecule has 0 saturated carbocycles. The third-order valence-electron chi connectivity index (χ3n) is 4.00. The van der Waals surface area contributed by atoms with E-state index < -0.39 is 6.04 Å². The monoisotopic (exact) mass is 374 g/mol. The zero-order valence-electron chi connectivity index (χ0n) is 14.9. The molecule has 0 radical (unpaired) electrons. The van der Waals surface area contributed by atoms with Gasteiger partial charge in [-0.1, -0.05) is 30.3 Å². The molecule has 2 N–H and O–H groups in total. The first-order chi connectivity index (χ1) is 12.5. The second-order valence-corrected chi connectivity index (χ2v) is 6.95. The number of hydrogen-bond donors (Lipinski definition) is 2. The highest BCUT2D eigenvalue weighted by atomic mass is 32.2. The summed E-state index contributed by atoms with van der Waals surface area (Å²) in [5, 5.41) is 5.64. The van der Waals surface area contributed by atoms with Crippen LogP contribution >= 0.6 is 11.8 Å². The molecule has 6 heteroatoms. The van der Waals surface area contributed by atoms with Crippen molar-refractivity contribution in [3.63, 3.8) is 0 Å². The van der Waals surface area contributed by atoms with E-state index in [1.54, 1.807) is 36.0 Å². The van der Waals surface area contributed by atoms with Crippen molar-refractivity contribution in [2.75, 3.05) is 12.0 Å². The molecular weight excluding hydrogens is 351 g/mol. The molecule has 0 fully saturated rings. The minimum absolute atomic E-state index is 0.245. The van der Waals surface area contributed by atoms with Crippen molar-refractivity contribution in [2.45, 2.75) is 25.9 Å². The van der Waals surface area contributed by atoms with E-state index in [-0.39, 0.29) is 24.2 Å². The van der Waals surface area contributed by atoms with E-state index in [0.717, 1.165) is 16.9 Å². The largest absolute Gasteiger partial charge is 0.350 e. The van der Waals surface area contributed by atoms with Gasteiger partial charge in [0.05, 0.1) is 0 Å². The van der Waals surface area contributed by atoms with Crippen LogP contribution in [-0.2, 0) is 11.3 Å². The van der Waals surface area contributed by atoms with Crippen molar-refractivity contribution in [3.05, 3.63) is 71.0 Å². The lowest BCUT2D eigenvalue weighted by Crippen LogP contribution is -2.47. The first-order valence-corrected chi connectivity index (χ1v) is 9.78. The Hall–Kier alpha value is -2.34. The van der Waals surface area contributed by atoms with Crippen LogP contribution in [0, 0.1) is 12.7 Å². The number of amides is 2. The van der Waals surface area contributed by atoms with Crippen LogP contribution < -0.4 is 10.6 Å². The van der Waals surface area contributed by atoms with E-state index >= 15 is 0 Å². The molecule has 0 aromatic heterocycles. The summed E-state index contributed by atoms with van der Waals surface area (Å²) >= 11 is 1.62. The van der Waals surface area contributed by atoms with E-state index in [9.17, 15) is 14.0 Å². The summed E-state index contributed by atoms with van der Waals surface area (Å²) in [5.74, 6) is -0.0669. The van der Waals surface area contributed by atoms with E-state index in [1.165, 1.54) is 12.1 Å². The summed E-state index contributed by atoms with van der Waals surface area (Å²) < 4.78 is 13.0. The van der Waals surface area contributed by atoms with E-state index in [1.807, 2.05) is 25.3 Å². The average Bonchev–Trinajstić information content (AvgIpc) is 2.64. The predicted molar refractivity (Wildman–Crippen MR) is 104 cm³/mol. The average molecular weight is 374 g/mol. The third-order valence-corrected chi connectivity index (χ3v) is 4.65. The molecule has 2 rings (SSSR count). The van der Waals surface area contributed by atoms with Crippen LogP contribution in [0.15, 0.2) is 48.5 Å². The molecular formula is C20H23FN2O2S. The van der Waals surface area contributed by atoms with Crippen LogP contribution in [0.1, 0.15) is 27.9 Å². The van der Waals surface area contributed by atoms with Gasteiger partial charge >= 0.3 is 0 Å². The fraction of sp³-hybridized carbons (Fsp3) is 0.300. The summed E-state index contributed by atoms with van der Waals surface area (Å²) in [6.07, 6.45) is 2.49. The molecule has 4 nitrogen and oxygen atoms in total. The van der Waals surface area contributed by atoms with Crippen LogP contribution in [-0.4, -0.2) is 29.9 Å². The normalized spacial score (nSPS) is 11.7. The smallest absolute Gasteiger partial charge is 0.252 e. The van der Waals surface area contributed by atoms with Crippen molar-refractivity contribution in [3.8, 4) is 0 Å². The molecule has 2 aromatic rings. The fourth-order valence-electron chi connectivity index (χ4n) is 2.48. The molecule has 0 saturated heterocycles. The molecule has 0 aliphatic carbocycles. The predicted octanol–water partition coefficient (Wildman–Crippen LogP) is 3.30. The Morgan fingerprint density at radius 2 is 1.81 bits per heavy atom. The number of halogens is 1. The van der Waals surface area contributed by atoms with Crippen molar-refractivity contribution < 1.29 is 14.0 Å². The molecule has 26 heavy (non-hydrogen) atoms. The van der Waals surface area contributed by atoms with Crippen molar-refractivity contribution >= 4 is 23.6 Å². The Balaban J connectivity index is 2.00. The molecule has 2 aromatic carbocycles. The van der Waals surface area contributed by atoms with Gasteiger partial charge in [-0.2, -0.15) is 11.8 Å². The van der Waals surface area contributed by atoms with E-state index in [0.29, 0.717) is 12.0 Å².